The first-order chi connectivity index (χ1) is 14.2. The largest absolute Gasteiger partial charge is 0.494 e. The molecule has 1 amide bonds. The number of carbonyl (C=O) groups excluding carboxylic acids is 1. The quantitative estimate of drug-likeness (QED) is 0.284. The average molecular weight is 428 g/mol. The first-order valence-corrected chi connectivity index (χ1v) is 8.40. The minimum Gasteiger partial charge on any atom is -0.494 e. The van der Waals surface area contributed by atoms with Gasteiger partial charge in [0, 0.05) is 11.8 Å². The molecule has 0 fully saturated rings. The van der Waals surface area contributed by atoms with Crippen LogP contribution in [0.3, 0.4) is 0 Å². The predicted octanol–water partition coefficient (Wildman–Crippen LogP) is 3.63. The van der Waals surface area contributed by atoms with Crippen LogP contribution in [0.2, 0.25) is 0 Å². The van der Waals surface area contributed by atoms with Gasteiger partial charge >= 0.3 is 0 Å². The van der Waals surface area contributed by atoms with Gasteiger partial charge in [-0.1, -0.05) is 0 Å². The third-order valence-corrected chi connectivity index (χ3v) is 3.85. The van der Waals surface area contributed by atoms with Gasteiger partial charge in [0.1, 0.15) is 12.4 Å². The van der Waals surface area contributed by atoms with Gasteiger partial charge in [-0.15, -0.1) is 0 Å². The Balaban J connectivity index is 2.35. The number of aliphatic imine (C=N–C) groups is 1. The van der Waals surface area contributed by atoms with E-state index in [4.69, 9.17) is 10.1 Å². The number of hydrogen-bond donors (Lipinski definition) is 3. The van der Waals surface area contributed by atoms with E-state index < -0.39 is 48.1 Å². The van der Waals surface area contributed by atoms with Gasteiger partial charge in [0.15, 0.2) is 29.0 Å². The van der Waals surface area contributed by atoms with E-state index in [9.17, 15) is 26.7 Å². The molecule has 2 rings (SSSR count). The lowest BCUT2D eigenvalue weighted by Crippen LogP contribution is -2.40. The number of methoxy groups -OCH3 is 1. The number of halogens is 5. The average Bonchev–Trinajstić information content (AvgIpc) is 2.71. The van der Waals surface area contributed by atoms with E-state index in [0.717, 1.165) is 6.07 Å². The van der Waals surface area contributed by atoms with Crippen molar-refractivity contribution in [2.45, 2.75) is 13.5 Å². The Morgan fingerprint density at radius 2 is 1.73 bits per heavy atom. The molecule has 0 unspecified atom stereocenters. The van der Waals surface area contributed by atoms with Crippen molar-refractivity contribution in [2.75, 3.05) is 19.1 Å². The van der Waals surface area contributed by atoms with Gasteiger partial charge in [0.25, 0.3) is 5.91 Å². The molecule has 6 nitrogen and oxygen atoms in total. The van der Waals surface area contributed by atoms with Gasteiger partial charge in [0.2, 0.25) is 5.96 Å². The molecule has 0 saturated carbocycles. The molecule has 0 radical (unpaired) electrons. The summed E-state index contributed by atoms with van der Waals surface area (Å²) in [5.41, 5.74) is -0.343. The molecule has 0 bridgehead atoms. The first-order valence-electron chi connectivity index (χ1n) is 8.40. The number of hydrogen-bond acceptors (Lipinski definition) is 4. The van der Waals surface area contributed by atoms with E-state index in [1.165, 1.54) is 13.2 Å². The van der Waals surface area contributed by atoms with Crippen molar-refractivity contribution >= 4 is 23.3 Å². The first kappa shape index (κ1) is 22.8. The number of aryl methyl sites for hydroxylation is 1. The van der Waals surface area contributed by atoms with Crippen molar-refractivity contribution in [1.29, 1.82) is 5.41 Å². The molecule has 0 aliphatic rings. The topological polar surface area (TPSA) is 86.6 Å². The molecule has 0 aromatic heterocycles. The third kappa shape index (κ3) is 5.52. The fourth-order valence-corrected chi connectivity index (χ4v) is 2.30. The second-order valence-corrected chi connectivity index (χ2v) is 6.03. The molecule has 0 atom stereocenters. The second-order valence-electron chi connectivity index (χ2n) is 6.03. The molecule has 3 N–H and O–H groups in total. The Kier molecular flexibility index (Phi) is 7.45. The summed E-state index contributed by atoms with van der Waals surface area (Å²) >= 11 is 0. The lowest BCUT2D eigenvalue weighted by atomic mass is 10.2. The molecule has 11 heteroatoms. The third-order valence-electron chi connectivity index (χ3n) is 3.85. The molecule has 0 aliphatic carbocycles. The van der Waals surface area contributed by atoms with Crippen LogP contribution in [-0.2, 0) is 11.3 Å². The van der Waals surface area contributed by atoms with E-state index >= 15 is 0 Å². The highest BCUT2D eigenvalue weighted by Gasteiger charge is 2.15. The Morgan fingerprint density at radius 3 is 2.30 bits per heavy atom. The molecule has 0 saturated heterocycles. The van der Waals surface area contributed by atoms with E-state index in [-0.39, 0.29) is 23.0 Å². The zero-order valence-electron chi connectivity index (χ0n) is 15.9. The highest BCUT2D eigenvalue weighted by Crippen LogP contribution is 2.25. The van der Waals surface area contributed by atoms with Crippen LogP contribution in [0.5, 0.6) is 5.75 Å². The Hall–Kier alpha value is -3.50. The van der Waals surface area contributed by atoms with Crippen LogP contribution < -0.4 is 15.4 Å². The van der Waals surface area contributed by atoms with Crippen LogP contribution in [0.1, 0.15) is 11.1 Å². The highest BCUT2D eigenvalue weighted by molar-refractivity contribution is 6.41. The number of guanidine groups is 1. The van der Waals surface area contributed by atoms with Gasteiger partial charge in [-0.2, -0.15) is 0 Å². The number of nitrogens with zero attached hydrogens (tertiary/aromatic N) is 1. The second kappa shape index (κ2) is 9.81. The van der Waals surface area contributed by atoms with E-state index in [2.05, 4.69) is 15.6 Å². The van der Waals surface area contributed by atoms with Crippen molar-refractivity contribution in [3.63, 3.8) is 0 Å². The summed E-state index contributed by atoms with van der Waals surface area (Å²) in [4.78, 5) is 15.7. The van der Waals surface area contributed by atoms with Gasteiger partial charge in [-0.05, 0) is 36.2 Å². The fraction of sp³-hybridized carbons (Fsp3) is 0.211. The summed E-state index contributed by atoms with van der Waals surface area (Å²) in [6.45, 7) is -0.168. The number of amides is 1. The molecule has 0 spiro atoms. The van der Waals surface area contributed by atoms with Crippen molar-refractivity contribution in [3.05, 3.63) is 58.7 Å². The van der Waals surface area contributed by atoms with Crippen LogP contribution in [0.4, 0.5) is 27.6 Å². The lowest BCUT2D eigenvalue weighted by molar-refractivity contribution is -0.113. The van der Waals surface area contributed by atoms with E-state index in [1.807, 2.05) is 0 Å². The number of benzene rings is 2. The summed E-state index contributed by atoms with van der Waals surface area (Å²) in [5.74, 6) is -6.73. The van der Waals surface area contributed by atoms with Crippen molar-refractivity contribution in [3.8, 4) is 5.75 Å². The van der Waals surface area contributed by atoms with Crippen LogP contribution in [-0.4, -0.2) is 31.4 Å². The number of alkyl halides is 1. The summed E-state index contributed by atoms with van der Waals surface area (Å²) in [6.07, 6.45) is 0. The fourth-order valence-electron chi connectivity index (χ4n) is 2.30. The van der Waals surface area contributed by atoms with Crippen LogP contribution in [0, 0.1) is 35.6 Å². The minimum atomic E-state index is -1.64. The number of ether oxygens (including phenoxy) is 1. The van der Waals surface area contributed by atoms with E-state index in [0.29, 0.717) is 17.7 Å². The van der Waals surface area contributed by atoms with Crippen LogP contribution in [0.25, 0.3) is 0 Å². The monoisotopic (exact) mass is 428 g/mol. The van der Waals surface area contributed by atoms with Crippen molar-refractivity contribution in [1.82, 2.24) is 5.32 Å². The van der Waals surface area contributed by atoms with Gasteiger partial charge in [-0.3, -0.25) is 15.5 Å². The minimum absolute atomic E-state index is 0.0305. The standard InChI is InChI=1S/C19H17F5N4O2/c1-9-3-16(30-2)11(21)6-15(9)27-19(28-18(29)14(25)7-20)26-8-10-4-12(22)17(24)13(23)5-10/h3-6,25H,7-8H2,1-2H3,(H2,26,27,28,29). The molecule has 2 aromatic carbocycles. The number of rotatable bonds is 6. The number of carbonyl (C=O) groups is 1. The van der Waals surface area contributed by atoms with Crippen LogP contribution in [0.15, 0.2) is 29.3 Å². The predicted molar refractivity (Wildman–Crippen MR) is 101 cm³/mol. The number of nitrogens with one attached hydrogen (secondary N) is 3. The van der Waals surface area contributed by atoms with Crippen molar-refractivity contribution < 1.29 is 31.5 Å². The highest BCUT2D eigenvalue weighted by atomic mass is 19.2. The molecular formula is C19H17F5N4O2. The SMILES string of the molecule is COc1cc(C)c(NC(=NCc2cc(F)c(F)c(F)c2)NC(=O)C(=N)CF)cc1F. The summed E-state index contributed by atoms with van der Waals surface area (Å²) in [7, 11) is 1.28. The molecule has 0 aliphatic heterocycles. The van der Waals surface area contributed by atoms with Gasteiger partial charge in [-0.25, -0.2) is 26.9 Å². The zero-order valence-corrected chi connectivity index (χ0v) is 15.9. The summed E-state index contributed by atoms with van der Waals surface area (Å²) in [6, 6.07) is 3.84. The number of anilines is 1. The normalized spacial score (nSPS) is 11.2. The maximum absolute atomic E-state index is 14.0. The zero-order chi connectivity index (χ0) is 22.4. The Bertz CT molecular complexity index is 988. The Morgan fingerprint density at radius 1 is 1.10 bits per heavy atom. The van der Waals surface area contributed by atoms with Gasteiger partial charge in [0.05, 0.1) is 13.7 Å². The smallest absolute Gasteiger partial charge is 0.274 e. The molecule has 30 heavy (non-hydrogen) atoms. The van der Waals surface area contributed by atoms with Crippen molar-refractivity contribution in [2.24, 2.45) is 4.99 Å². The molecule has 2 aromatic rings. The Labute approximate surface area is 168 Å². The van der Waals surface area contributed by atoms with E-state index in [1.54, 1.807) is 6.92 Å². The summed E-state index contributed by atoms with van der Waals surface area (Å²) in [5, 5.41) is 12.0. The molecular weight excluding hydrogens is 411 g/mol. The van der Waals surface area contributed by atoms with Crippen LogP contribution >= 0.6 is 0 Å². The molecule has 0 heterocycles. The molecule has 160 valence electrons. The summed E-state index contributed by atoms with van der Waals surface area (Å²) < 4.78 is 71.3. The maximum atomic E-state index is 14.0. The lowest BCUT2D eigenvalue weighted by Gasteiger charge is -2.15. The maximum Gasteiger partial charge on any atom is 0.274 e. The van der Waals surface area contributed by atoms with Gasteiger partial charge < -0.3 is 10.1 Å².